The lowest BCUT2D eigenvalue weighted by atomic mass is 10.0. The first kappa shape index (κ1) is 22.0. The zero-order chi connectivity index (χ0) is 22.7. The maximum atomic E-state index is 12.7. The molecule has 0 unspecified atom stereocenters. The molecule has 0 aliphatic carbocycles. The van der Waals surface area contributed by atoms with Gasteiger partial charge >= 0.3 is 5.63 Å². The van der Waals surface area contributed by atoms with E-state index in [1.54, 1.807) is 6.92 Å². The lowest BCUT2D eigenvalue weighted by Gasteiger charge is -2.34. The van der Waals surface area contributed by atoms with Crippen LogP contribution in [-0.4, -0.2) is 60.0 Å². The first-order valence-electron chi connectivity index (χ1n) is 11.0. The van der Waals surface area contributed by atoms with Crippen LogP contribution in [0.2, 0.25) is 0 Å². The highest BCUT2D eigenvalue weighted by atomic mass is 16.5. The number of nitrogens with zero attached hydrogens (tertiary/aromatic N) is 3. The predicted molar refractivity (Wildman–Crippen MR) is 123 cm³/mol. The Balaban J connectivity index is 1.31. The van der Waals surface area contributed by atoms with Gasteiger partial charge in [0.05, 0.1) is 0 Å². The van der Waals surface area contributed by atoms with Gasteiger partial charge in [0.15, 0.2) is 6.61 Å². The molecular weight excluding hydrogens is 406 g/mol. The van der Waals surface area contributed by atoms with Gasteiger partial charge in [0, 0.05) is 67.5 Å². The maximum absolute atomic E-state index is 12.7. The van der Waals surface area contributed by atoms with Gasteiger partial charge in [0.2, 0.25) is 0 Å². The number of fused-ring (bicyclic) bond motifs is 1. The number of ether oxygens (including phenoxy) is 1. The van der Waals surface area contributed by atoms with Crippen molar-refractivity contribution >= 4 is 16.9 Å². The van der Waals surface area contributed by atoms with Crippen molar-refractivity contribution in [1.82, 2.24) is 14.8 Å². The Labute approximate surface area is 187 Å². The number of hydrogen-bond acceptors (Lipinski definition) is 6. The molecule has 1 amide bonds. The number of hydrogen-bond donors (Lipinski definition) is 0. The van der Waals surface area contributed by atoms with E-state index in [0.29, 0.717) is 30.0 Å². The average molecular weight is 436 g/mol. The van der Waals surface area contributed by atoms with E-state index in [9.17, 15) is 9.59 Å². The number of benzene rings is 1. The summed E-state index contributed by atoms with van der Waals surface area (Å²) in [5.74, 6) is 0.529. The zero-order valence-electron chi connectivity index (χ0n) is 18.9. The van der Waals surface area contributed by atoms with E-state index in [0.717, 1.165) is 48.3 Å². The van der Waals surface area contributed by atoms with Gasteiger partial charge in [0.1, 0.15) is 11.3 Å². The molecule has 7 heteroatoms. The van der Waals surface area contributed by atoms with Crippen LogP contribution in [0.5, 0.6) is 5.75 Å². The van der Waals surface area contributed by atoms with Crippen molar-refractivity contribution in [2.24, 2.45) is 0 Å². The first-order valence-corrected chi connectivity index (χ1v) is 11.0. The number of carbonyl (C=O) groups is 1. The number of amides is 1. The van der Waals surface area contributed by atoms with Gasteiger partial charge in [-0.1, -0.05) is 6.07 Å². The molecule has 1 saturated heterocycles. The number of aromatic nitrogens is 1. The van der Waals surface area contributed by atoms with Crippen LogP contribution in [0.25, 0.3) is 11.0 Å². The summed E-state index contributed by atoms with van der Waals surface area (Å²) < 4.78 is 11.3. The number of aryl methyl sites for hydroxylation is 2. The molecule has 1 aliphatic rings. The summed E-state index contributed by atoms with van der Waals surface area (Å²) in [6, 6.07) is 9.69. The van der Waals surface area contributed by atoms with Gasteiger partial charge in [-0.15, -0.1) is 0 Å². The van der Waals surface area contributed by atoms with Crippen molar-refractivity contribution in [3.8, 4) is 5.75 Å². The molecule has 32 heavy (non-hydrogen) atoms. The fourth-order valence-electron chi connectivity index (χ4n) is 4.05. The van der Waals surface area contributed by atoms with Crippen molar-refractivity contribution < 1.29 is 13.9 Å². The van der Waals surface area contributed by atoms with Crippen LogP contribution in [0.3, 0.4) is 0 Å². The molecule has 0 spiro atoms. The quantitative estimate of drug-likeness (QED) is 0.554. The summed E-state index contributed by atoms with van der Waals surface area (Å²) >= 11 is 0. The lowest BCUT2D eigenvalue weighted by molar-refractivity contribution is -0.135. The summed E-state index contributed by atoms with van der Waals surface area (Å²) in [5, 5.41) is 0.889. The van der Waals surface area contributed by atoms with Crippen LogP contribution in [0.4, 0.5) is 0 Å². The molecule has 3 aromatic rings. The Morgan fingerprint density at radius 1 is 1.03 bits per heavy atom. The monoisotopic (exact) mass is 435 g/mol. The van der Waals surface area contributed by atoms with Crippen molar-refractivity contribution in [2.75, 3.05) is 39.3 Å². The number of piperazine rings is 1. The second-order valence-electron chi connectivity index (χ2n) is 8.29. The molecule has 0 bridgehead atoms. The van der Waals surface area contributed by atoms with E-state index in [1.807, 2.05) is 55.3 Å². The summed E-state index contributed by atoms with van der Waals surface area (Å²) in [6.07, 6.45) is 2.73. The summed E-state index contributed by atoms with van der Waals surface area (Å²) in [5.41, 5.74) is 3.51. The molecule has 2 aromatic heterocycles. The van der Waals surface area contributed by atoms with E-state index in [1.165, 1.54) is 0 Å². The molecular formula is C25H29N3O4. The van der Waals surface area contributed by atoms with Gasteiger partial charge in [-0.05, 0) is 50.6 Å². The van der Waals surface area contributed by atoms with Crippen molar-refractivity contribution in [1.29, 1.82) is 0 Å². The SMILES string of the molecule is Cc1c(C)c2ccc(OCC(=O)N3CCN(CCc4ccccn4)CC3)c(C)c2oc1=O. The van der Waals surface area contributed by atoms with Gasteiger partial charge < -0.3 is 14.1 Å². The highest BCUT2D eigenvalue weighted by Crippen LogP contribution is 2.29. The van der Waals surface area contributed by atoms with E-state index in [4.69, 9.17) is 9.15 Å². The third-order valence-electron chi connectivity index (χ3n) is 6.31. The maximum Gasteiger partial charge on any atom is 0.339 e. The minimum Gasteiger partial charge on any atom is -0.483 e. The van der Waals surface area contributed by atoms with Crippen molar-refractivity contribution in [3.05, 3.63) is 69.3 Å². The normalized spacial score (nSPS) is 14.7. The Kier molecular flexibility index (Phi) is 6.55. The molecule has 0 radical (unpaired) electrons. The molecule has 7 nitrogen and oxygen atoms in total. The van der Waals surface area contributed by atoms with E-state index >= 15 is 0 Å². The van der Waals surface area contributed by atoms with Gasteiger partial charge in [-0.25, -0.2) is 4.79 Å². The second kappa shape index (κ2) is 9.53. The summed E-state index contributed by atoms with van der Waals surface area (Å²) in [7, 11) is 0. The summed E-state index contributed by atoms with van der Waals surface area (Å²) in [4.78, 5) is 33.3. The summed E-state index contributed by atoms with van der Waals surface area (Å²) in [6.45, 7) is 9.49. The van der Waals surface area contributed by atoms with Crippen LogP contribution < -0.4 is 10.4 Å². The number of carbonyl (C=O) groups excluding carboxylic acids is 1. The largest absolute Gasteiger partial charge is 0.483 e. The van der Waals surface area contributed by atoms with Crippen LogP contribution in [0.15, 0.2) is 45.7 Å². The van der Waals surface area contributed by atoms with E-state index < -0.39 is 0 Å². The third kappa shape index (κ3) is 4.67. The standard InChI is InChI=1S/C25H29N3O4/c1-17-18(2)25(30)32-24-19(3)22(8-7-21(17)24)31-16-23(29)28-14-12-27(13-15-28)11-9-20-6-4-5-10-26-20/h4-8,10H,9,11-16H2,1-3H3. The number of rotatable bonds is 6. The second-order valence-corrected chi connectivity index (χ2v) is 8.29. The first-order chi connectivity index (χ1) is 15.4. The third-order valence-corrected chi connectivity index (χ3v) is 6.31. The van der Waals surface area contributed by atoms with Crippen LogP contribution in [0.1, 0.15) is 22.4 Å². The molecule has 1 aliphatic heterocycles. The van der Waals surface area contributed by atoms with Gasteiger partial charge in [-0.2, -0.15) is 0 Å². The smallest absolute Gasteiger partial charge is 0.339 e. The van der Waals surface area contributed by atoms with E-state index in [2.05, 4.69) is 9.88 Å². The van der Waals surface area contributed by atoms with Crippen LogP contribution >= 0.6 is 0 Å². The molecule has 4 rings (SSSR count). The Bertz CT molecular complexity index is 1170. The fourth-order valence-corrected chi connectivity index (χ4v) is 4.05. The number of pyridine rings is 1. The van der Waals surface area contributed by atoms with Crippen LogP contribution in [0, 0.1) is 20.8 Å². The minimum atomic E-state index is -0.341. The van der Waals surface area contributed by atoms with Crippen LogP contribution in [-0.2, 0) is 11.2 Å². The molecule has 3 heterocycles. The van der Waals surface area contributed by atoms with E-state index in [-0.39, 0.29) is 18.1 Å². The predicted octanol–water partition coefficient (Wildman–Crippen LogP) is 2.88. The van der Waals surface area contributed by atoms with Crippen molar-refractivity contribution in [2.45, 2.75) is 27.2 Å². The Morgan fingerprint density at radius 2 is 1.81 bits per heavy atom. The molecule has 1 fully saturated rings. The highest BCUT2D eigenvalue weighted by Gasteiger charge is 2.22. The molecule has 1 aromatic carbocycles. The fraction of sp³-hybridized carbons (Fsp3) is 0.400. The Morgan fingerprint density at radius 3 is 2.53 bits per heavy atom. The zero-order valence-corrected chi connectivity index (χ0v) is 18.9. The topological polar surface area (TPSA) is 75.9 Å². The highest BCUT2D eigenvalue weighted by molar-refractivity contribution is 5.85. The minimum absolute atomic E-state index is 0.0320. The lowest BCUT2D eigenvalue weighted by Crippen LogP contribution is -2.50. The Hall–Kier alpha value is -3.19. The average Bonchev–Trinajstić information content (AvgIpc) is 2.82. The molecule has 0 atom stereocenters. The van der Waals surface area contributed by atoms with Gasteiger partial charge in [0.25, 0.3) is 5.91 Å². The molecule has 0 saturated carbocycles. The molecule has 0 N–H and O–H groups in total. The molecule has 168 valence electrons. The van der Waals surface area contributed by atoms with Crippen molar-refractivity contribution in [3.63, 3.8) is 0 Å². The van der Waals surface area contributed by atoms with Gasteiger partial charge in [-0.3, -0.25) is 14.7 Å².